The van der Waals surface area contributed by atoms with Crippen LogP contribution in [-0.4, -0.2) is 12.5 Å². The number of benzene rings is 1. The van der Waals surface area contributed by atoms with E-state index >= 15 is 0 Å². The SMILES string of the molecule is O=C(Nc1ccc2c(c1)CCN2)c1cc2c(s1)CCC2. The monoisotopic (exact) mass is 284 g/mol. The maximum atomic E-state index is 12.3. The van der Waals surface area contributed by atoms with Crippen molar-refractivity contribution in [3.8, 4) is 0 Å². The fraction of sp³-hybridized carbons (Fsp3) is 0.312. The molecule has 3 nitrogen and oxygen atoms in total. The summed E-state index contributed by atoms with van der Waals surface area (Å²) in [7, 11) is 0. The number of hydrogen-bond donors (Lipinski definition) is 2. The van der Waals surface area contributed by atoms with Gasteiger partial charge in [-0.15, -0.1) is 11.3 Å². The number of amides is 1. The molecule has 0 spiro atoms. The molecular weight excluding hydrogens is 268 g/mol. The molecular formula is C16H16N2OS. The first kappa shape index (κ1) is 12.0. The molecule has 2 heterocycles. The molecule has 0 saturated heterocycles. The van der Waals surface area contributed by atoms with E-state index in [1.165, 1.54) is 28.1 Å². The Labute approximate surface area is 122 Å². The van der Waals surface area contributed by atoms with E-state index in [9.17, 15) is 4.79 Å². The van der Waals surface area contributed by atoms with Crippen LogP contribution < -0.4 is 10.6 Å². The fourth-order valence-corrected chi connectivity index (χ4v) is 4.17. The van der Waals surface area contributed by atoms with Gasteiger partial charge < -0.3 is 10.6 Å². The largest absolute Gasteiger partial charge is 0.384 e. The highest BCUT2D eigenvalue weighted by Gasteiger charge is 2.19. The van der Waals surface area contributed by atoms with Crippen LogP contribution in [0.5, 0.6) is 0 Å². The third kappa shape index (κ3) is 2.00. The summed E-state index contributed by atoms with van der Waals surface area (Å²) in [6.45, 7) is 0.990. The first-order valence-corrected chi connectivity index (χ1v) is 7.91. The fourth-order valence-electron chi connectivity index (χ4n) is 3.02. The van der Waals surface area contributed by atoms with Gasteiger partial charge in [0.15, 0.2) is 0 Å². The Morgan fingerprint density at radius 3 is 3.00 bits per heavy atom. The van der Waals surface area contributed by atoms with Gasteiger partial charge >= 0.3 is 0 Å². The molecule has 4 heteroatoms. The summed E-state index contributed by atoms with van der Waals surface area (Å²) in [6, 6.07) is 8.16. The third-order valence-electron chi connectivity index (χ3n) is 4.04. The molecule has 1 aromatic heterocycles. The smallest absolute Gasteiger partial charge is 0.265 e. The van der Waals surface area contributed by atoms with E-state index in [0.717, 1.165) is 36.4 Å². The van der Waals surface area contributed by atoms with Crippen LogP contribution in [0.3, 0.4) is 0 Å². The van der Waals surface area contributed by atoms with Gasteiger partial charge in [0.2, 0.25) is 0 Å². The number of aryl methyl sites for hydroxylation is 2. The number of anilines is 2. The van der Waals surface area contributed by atoms with Crippen LogP contribution in [0, 0.1) is 0 Å². The van der Waals surface area contributed by atoms with E-state index in [2.05, 4.69) is 22.8 Å². The molecule has 0 saturated carbocycles. The molecule has 2 aliphatic rings. The van der Waals surface area contributed by atoms with Gasteiger partial charge in [-0.05, 0) is 61.1 Å². The number of fused-ring (bicyclic) bond motifs is 2. The molecule has 1 amide bonds. The number of nitrogens with one attached hydrogen (secondary N) is 2. The van der Waals surface area contributed by atoms with Crippen LogP contribution in [0.4, 0.5) is 11.4 Å². The van der Waals surface area contributed by atoms with Gasteiger partial charge in [0, 0.05) is 22.8 Å². The molecule has 1 aromatic carbocycles. The minimum atomic E-state index is 0.0234. The number of carbonyl (C=O) groups excluding carboxylic acids is 1. The normalized spacial score (nSPS) is 15.6. The zero-order valence-electron chi connectivity index (χ0n) is 11.2. The van der Waals surface area contributed by atoms with Gasteiger partial charge in [0.25, 0.3) is 5.91 Å². The molecule has 0 bridgehead atoms. The number of thiophene rings is 1. The second kappa shape index (κ2) is 4.63. The van der Waals surface area contributed by atoms with Crippen molar-refractivity contribution < 1.29 is 4.79 Å². The van der Waals surface area contributed by atoms with Crippen molar-refractivity contribution in [3.63, 3.8) is 0 Å². The minimum absolute atomic E-state index is 0.0234. The average Bonchev–Trinajstić information content (AvgIpc) is 3.12. The second-order valence-electron chi connectivity index (χ2n) is 5.42. The molecule has 102 valence electrons. The number of hydrogen-bond acceptors (Lipinski definition) is 3. The molecule has 0 radical (unpaired) electrons. The minimum Gasteiger partial charge on any atom is -0.384 e. The van der Waals surface area contributed by atoms with Gasteiger partial charge in [0.1, 0.15) is 0 Å². The lowest BCUT2D eigenvalue weighted by atomic mass is 10.1. The maximum absolute atomic E-state index is 12.3. The van der Waals surface area contributed by atoms with Gasteiger partial charge in [0.05, 0.1) is 4.88 Å². The number of rotatable bonds is 2. The quantitative estimate of drug-likeness (QED) is 0.886. The Hall–Kier alpha value is -1.81. The van der Waals surface area contributed by atoms with E-state index in [-0.39, 0.29) is 5.91 Å². The van der Waals surface area contributed by atoms with Crippen LogP contribution in [-0.2, 0) is 19.3 Å². The number of carbonyl (C=O) groups is 1. The third-order valence-corrected chi connectivity index (χ3v) is 5.28. The zero-order chi connectivity index (χ0) is 13.5. The zero-order valence-corrected chi connectivity index (χ0v) is 12.0. The average molecular weight is 284 g/mol. The Balaban J connectivity index is 1.54. The first-order chi connectivity index (χ1) is 9.79. The van der Waals surface area contributed by atoms with E-state index < -0.39 is 0 Å². The predicted molar refractivity (Wildman–Crippen MR) is 82.9 cm³/mol. The summed E-state index contributed by atoms with van der Waals surface area (Å²) in [5, 5.41) is 6.35. The standard InChI is InChI=1S/C16H16N2OS/c19-16(15-9-11-2-1-3-14(11)20-15)18-12-4-5-13-10(8-12)6-7-17-13/h4-5,8-9,17H,1-3,6-7H2,(H,18,19). The van der Waals surface area contributed by atoms with E-state index in [0.29, 0.717) is 0 Å². The molecule has 20 heavy (non-hydrogen) atoms. The van der Waals surface area contributed by atoms with E-state index in [1.54, 1.807) is 11.3 Å². The van der Waals surface area contributed by atoms with E-state index in [4.69, 9.17) is 0 Å². The Bertz CT molecular complexity index is 668. The molecule has 1 aliphatic carbocycles. The van der Waals surface area contributed by atoms with E-state index in [1.807, 2.05) is 12.1 Å². The highest BCUT2D eigenvalue weighted by molar-refractivity contribution is 7.14. The molecule has 0 unspecified atom stereocenters. The highest BCUT2D eigenvalue weighted by atomic mass is 32.1. The summed E-state index contributed by atoms with van der Waals surface area (Å²) in [5.74, 6) is 0.0234. The van der Waals surface area contributed by atoms with Gasteiger partial charge in [-0.25, -0.2) is 0 Å². The Morgan fingerprint density at radius 2 is 2.10 bits per heavy atom. The molecule has 0 atom stereocenters. The second-order valence-corrected chi connectivity index (χ2v) is 6.55. The summed E-state index contributed by atoms with van der Waals surface area (Å²) < 4.78 is 0. The predicted octanol–water partition coefficient (Wildman–Crippen LogP) is 3.46. The molecule has 0 fully saturated rings. The lowest BCUT2D eigenvalue weighted by Gasteiger charge is -2.06. The maximum Gasteiger partial charge on any atom is 0.265 e. The Kier molecular flexibility index (Phi) is 2.77. The summed E-state index contributed by atoms with van der Waals surface area (Å²) in [4.78, 5) is 14.5. The van der Waals surface area contributed by atoms with Gasteiger partial charge in [-0.3, -0.25) is 4.79 Å². The molecule has 1 aliphatic heterocycles. The van der Waals surface area contributed by atoms with Crippen LogP contribution >= 0.6 is 11.3 Å². The summed E-state index contributed by atoms with van der Waals surface area (Å²) >= 11 is 1.65. The molecule has 4 rings (SSSR count). The van der Waals surface area contributed by atoms with Crippen molar-refractivity contribution >= 4 is 28.6 Å². The van der Waals surface area contributed by atoms with Crippen molar-refractivity contribution in [2.75, 3.05) is 17.2 Å². The van der Waals surface area contributed by atoms with Crippen LogP contribution in [0.15, 0.2) is 24.3 Å². The Morgan fingerprint density at radius 1 is 1.15 bits per heavy atom. The van der Waals surface area contributed by atoms with Crippen molar-refractivity contribution in [3.05, 3.63) is 45.1 Å². The molecule has 2 N–H and O–H groups in total. The lowest BCUT2D eigenvalue weighted by molar-refractivity contribution is 0.103. The van der Waals surface area contributed by atoms with Crippen LogP contribution in [0.25, 0.3) is 0 Å². The van der Waals surface area contributed by atoms with Gasteiger partial charge in [-0.1, -0.05) is 0 Å². The first-order valence-electron chi connectivity index (χ1n) is 7.09. The highest BCUT2D eigenvalue weighted by Crippen LogP contribution is 2.31. The van der Waals surface area contributed by atoms with Gasteiger partial charge in [-0.2, -0.15) is 0 Å². The van der Waals surface area contributed by atoms with Crippen molar-refractivity contribution in [2.24, 2.45) is 0 Å². The molecule has 2 aromatic rings. The van der Waals surface area contributed by atoms with Crippen molar-refractivity contribution in [2.45, 2.75) is 25.7 Å². The summed E-state index contributed by atoms with van der Waals surface area (Å²) in [5.41, 5.74) is 4.75. The summed E-state index contributed by atoms with van der Waals surface area (Å²) in [6.07, 6.45) is 4.54. The van der Waals surface area contributed by atoms with Crippen molar-refractivity contribution in [1.29, 1.82) is 0 Å². The van der Waals surface area contributed by atoms with Crippen LogP contribution in [0.1, 0.15) is 32.1 Å². The lowest BCUT2D eigenvalue weighted by Crippen LogP contribution is -2.10. The topological polar surface area (TPSA) is 41.1 Å². The van der Waals surface area contributed by atoms with Crippen LogP contribution in [0.2, 0.25) is 0 Å². The van der Waals surface area contributed by atoms with Crippen molar-refractivity contribution in [1.82, 2.24) is 0 Å².